The fraction of sp³-hybridized carbons (Fsp3) is 0.250. The Bertz CT molecular complexity index is 820. The highest BCUT2D eigenvalue weighted by atomic mass is 32.1. The number of thiazole rings is 1. The Morgan fingerprint density at radius 2 is 2.00 bits per heavy atom. The van der Waals surface area contributed by atoms with Gasteiger partial charge in [0.05, 0.1) is 12.1 Å². The van der Waals surface area contributed by atoms with Crippen LogP contribution in [0, 0.1) is 0 Å². The number of nitrogens with zero attached hydrogens (tertiary/aromatic N) is 3. The fourth-order valence-electron chi connectivity index (χ4n) is 2.65. The summed E-state index contributed by atoms with van der Waals surface area (Å²) in [5.41, 5.74) is 8.52. The first kappa shape index (κ1) is 18.2. The minimum absolute atomic E-state index is 0.0744. The first-order valence-corrected chi connectivity index (χ1v) is 9.51. The summed E-state index contributed by atoms with van der Waals surface area (Å²) in [6.07, 6.45) is 4.61. The van der Waals surface area contributed by atoms with Crippen LogP contribution in [0.25, 0.3) is 10.6 Å². The van der Waals surface area contributed by atoms with Gasteiger partial charge in [-0.3, -0.25) is 9.78 Å². The molecular weight excluding hydrogens is 344 g/mol. The first-order valence-electron chi connectivity index (χ1n) is 8.63. The summed E-state index contributed by atoms with van der Waals surface area (Å²) in [6.45, 7) is 1.82. The molecule has 0 saturated heterocycles. The maximum absolute atomic E-state index is 12.8. The summed E-state index contributed by atoms with van der Waals surface area (Å²) in [6, 6.07) is 13.9. The van der Waals surface area contributed by atoms with Crippen molar-refractivity contribution in [2.45, 2.75) is 19.4 Å². The van der Waals surface area contributed by atoms with Crippen LogP contribution in [0.5, 0.6) is 0 Å². The van der Waals surface area contributed by atoms with Crippen LogP contribution in [0.3, 0.4) is 0 Å². The Labute approximate surface area is 157 Å². The normalized spacial score (nSPS) is 10.7. The van der Waals surface area contributed by atoms with Gasteiger partial charge in [0.15, 0.2) is 0 Å². The summed E-state index contributed by atoms with van der Waals surface area (Å²) in [5.74, 6) is 0.0744. The van der Waals surface area contributed by atoms with Crippen molar-refractivity contribution in [1.82, 2.24) is 14.9 Å². The van der Waals surface area contributed by atoms with E-state index in [2.05, 4.69) is 9.97 Å². The molecule has 0 radical (unpaired) electrons. The zero-order valence-corrected chi connectivity index (χ0v) is 15.4. The van der Waals surface area contributed by atoms with E-state index in [9.17, 15) is 4.79 Å². The van der Waals surface area contributed by atoms with E-state index in [1.165, 1.54) is 11.3 Å². The van der Waals surface area contributed by atoms with E-state index in [-0.39, 0.29) is 5.91 Å². The number of amides is 1. The number of pyridine rings is 1. The zero-order valence-electron chi connectivity index (χ0n) is 14.5. The predicted molar refractivity (Wildman–Crippen MR) is 105 cm³/mol. The molecule has 3 aromatic rings. The number of carbonyl (C=O) groups is 1. The second-order valence-electron chi connectivity index (χ2n) is 6.01. The lowest BCUT2D eigenvalue weighted by atomic mass is 10.2. The zero-order chi connectivity index (χ0) is 18.2. The van der Waals surface area contributed by atoms with Crippen LogP contribution >= 0.6 is 11.3 Å². The van der Waals surface area contributed by atoms with Crippen molar-refractivity contribution < 1.29 is 4.79 Å². The van der Waals surface area contributed by atoms with E-state index < -0.39 is 0 Å². The van der Waals surface area contributed by atoms with Crippen LogP contribution in [0.4, 0.5) is 0 Å². The smallest absolute Gasteiger partial charge is 0.228 e. The monoisotopic (exact) mass is 366 g/mol. The number of carbonyl (C=O) groups excluding carboxylic acids is 1. The molecule has 0 saturated carbocycles. The first-order chi connectivity index (χ1) is 12.8. The van der Waals surface area contributed by atoms with Gasteiger partial charge in [-0.05, 0) is 30.7 Å². The van der Waals surface area contributed by atoms with Gasteiger partial charge in [0.25, 0.3) is 0 Å². The average molecular weight is 366 g/mol. The second-order valence-corrected chi connectivity index (χ2v) is 6.86. The third-order valence-corrected chi connectivity index (χ3v) is 4.93. The van der Waals surface area contributed by atoms with Crippen LogP contribution in [0.2, 0.25) is 0 Å². The molecule has 0 aliphatic heterocycles. The van der Waals surface area contributed by atoms with E-state index in [0.717, 1.165) is 28.2 Å². The summed E-state index contributed by atoms with van der Waals surface area (Å²) >= 11 is 1.54. The molecule has 2 N–H and O–H groups in total. The molecule has 2 heterocycles. The molecule has 1 amide bonds. The largest absolute Gasteiger partial charge is 0.338 e. The van der Waals surface area contributed by atoms with Gasteiger partial charge in [-0.2, -0.15) is 0 Å². The molecule has 0 bridgehead atoms. The Morgan fingerprint density at radius 1 is 1.15 bits per heavy atom. The maximum atomic E-state index is 12.8. The van der Waals surface area contributed by atoms with Crippen LogP contribution in [0.15, 0.2) is 60.2 Å². The highest BCUT2D eigenvalue weighted by Gasteiger charge is 2.16. The molecule has 134 valence electrons. The minimum Gasteiger partial charge on any atom is -0.338 e. The van der Waals surface area contributed by atoms with Gasteiger partial charge >= 0.3 is 0 Å². The van der Waals surface area contributed by atoms with Gasteiger partial charge in [0, 0.05) is 36.4 Å². The van der Waals surface area contributed by atoms with Crippen molar-refractivity contribution in [3.63, 3.8) is 0 Å². The lowest BCUT2D eigenvalue weighted by Gasteiger charge is -2.22. The van der Waals surface area contributed by atoms with E-state index >= 15 is 0 Å². The molecule has 0 atom stereocenters. The molecule has 3 rings (SSSR count). The maximum Gasteiger partial charge on any atom is 0.228 e. The second kappa shape index (κ2) is 9.22. The van der Waals surface area contributed by atoms with E-state index in [1.807, 2.05) is 52.7 Å². The Hall–Kier alpha value is -2.57. The van der Waals surface area contributed by atoms with Crippen molar-refractivity contribution in [3.05, 3.63) is 71.5 Å². The van der Waals surface area contributed by atoms with Crippen molar-refractivity contribution in [1.29, 1.82) is 0 Å². The topological polar surface area (TPSA) is 72.1 Å². The van der Waals surface area contributed by atoms with Crippen LogP contribution in [0.1, 0.15) is 17.7 Å². The van der Waals surface area contributed by atoms with Crippen molar-refractivity contribution in [3.8, 4) is 10.6 Å². The fourth-order valence-corrected chi connectivity index (χ4v) is 3.47. The summed E-state index contributed by atoms with van der Waals surface area (Å²) in [4.78, 5) is 23.4. The van der Waals surface area contributed by atoms with Crippen molar-refractivity contribution in [2.24, 2.45) is 5.73 Å². The highest BCUT2D eigenvalue weighted by molar-refractivity contribution is 7.13. The number of aromatic nitrogens is 2. The van der Waals surface area contributed by atoms with Gasteiger partial charge in [0.1, 0.15) is 5.01 Å². The third kappa shape index (κ3) is 4.97. The number of rotatable bonds is 8. The standard InChI is InChI=1S/C20H22N4OS/c21-9-5-11-24(14-16-6-2-1-3-7-16)19(25)12-18-15-26-20(23-18)17-8-4-10-22-13-17/h1-4,6-8,10,13,15H,5,9,11-12,14,21H2. The molecule has 0 fully saturated rings. The van der Waals surface area contributed by atoms with E-state index in [4.69, 9.17) is 5.73 Å². The lowest BCUT2D eigenvalue weighted by Crippen LogP contribution is -2.33. The van der Waals surface area contributed by atoms with Gasteiger partial charge in [-0.25, -0.2) is 4.98 Å². The molecular formula is C20H22N4OS. The molecule has 26 heavy (non-hydrogen) atoms. The Balaban J connectivity index is 1.68. The molecule has 2 aromatic heterocycles. The number of nitrogens with two attached hydrogens (primary N) is 1. The SMILES string of the molecule is NCCCN(Cc1ccccc1)C(=O)Cc1csc(-c2cccnc2)n1. The number of benzene rings is 1. The van der Waals surface area contributed by atoms with Crippen LogP contribution in [-0.2, 0) is 17.8 Å². The Kier molecular flexibility index (Phi) is 6.46. The summed E-state index contributed by atoms with van der Waals surface area (Å²) in [5, 5.41) is 2.83. The number of hydrogen-bond acceptors (Lipinski definition) is 5. The van der Waals surface area contributed by atoms with Gasteiger partial charge in [-0.1, -0.05) is 30.3 Å². The van der Waals surface area contributed by atoms with E-state index in [0.29, 0.717) is 26.1 Å². The summed E-state index contributed by atoms with van der Waals surface area (Å²) in [7, 11) is 0. The van der Waals surface area contributed by atoms with Gasteiger partial charge < -0.3 is 10.6 Å². The molecule has 5 nitrogen and oxygen atoms in total. The van der Waals surface area contributed by atoms with Crippen LogP contribution < -0.4 is 5.73 Å². The third-order valence-electron chi connectivity index (χ3n) is 3.99. The Morgan fingerprint density at radius 3 is 2.73 bits per heavy atom. The number of hydrogen-bond donors (Lipinski definition) is 1. The summed E-state index contributed by atoms with van der Waals surface area (Å²) < 4.78 is 0. The predicted octanol–water partition coefficient (Wildman–Crippen LogP) is 3.13. The highest BCUT2D eigenvalue weighted by Crippen LogP contribution is 2.23. The van der Waals surface area contributed by atoms with Gasteiger partial charge in [-0.15, -0.1) is 11.3 Å². The van der Waals surface area contributed by atoms with Crippen molar-refractivity contribution >= 4 is 17.2 Å². The molecule has 6 heteroatoms. The quantitative estimate of drug-likeness (QED) is 0.665. The van der Waals surface area contributed by atoms with Gasteiger partial charge in [0.2, 0.25) is 5.91 Å². The molecule has 0 aliphatic carbocycles. The molecule has 1 aromatic carbocycles. The average Bonchev–Trinajstić information content (AvgIpc) is 3.15. The van der Waals surface area contributed by atoms with E-state index in [1.54, 1.807) is 12.4 Å². The van der Waals surface area contributed by atoms with Crippen LogP contribution in [-0.4, -0.2) is 33.9 Å². The molecule has 0 unspecified atom stereocenters. The lowest BCUT2D eigenvalue weighted by molar-refractivity contribution is -0.131. The molecule has 0 aliphatic rings. The minimum atomic E-state index is 0.0744. The molecule has 0 spiro atoms. The van der Waals surface area contributed by atoms with Crippen molar-refractivity contribution in [2.75, 3.05) is 13.1 Å².